The molecule has 1 aromatic rings. The van der Waals surface area contributed by atoms with Crippen molar-refractivity contribution >= 4 is 0 Å². The number of nitrogens with one attached hydrogen (secondary N) is 1. The van der Waals surface area contributed by atoms with E-state index in [9.17, 15) is 0 Å². The van der Waals surface area contributed by atoms with Gasteiger partial charge in [-0.05, 0) is 12.5 Å². The maximum atomic E-state index is 8.99. The van der Waals surface area contributed by atoms with Crippen molar-refractivity contribution in [3.8, 4) is 6.07 Å². The Morgan fingerprint density at radius 1 is 1.62 bits per heavy atom. The Morgan fingerprint density at radius 3 is 2.94 bits per heavy atom. The van der Waals surface area contributed by atoms with Crippen molar-refractivity contribution in [3.05, 3.63) is 11.9 Å². The van der Waals surface area contributed by atoms with Crippen molar-refractivity contribution in [1.29, 1.82) is 5.26 Å². The highest BCUT2D eigenvalue weighted by molar-refractivity contribution is 5.10. The third kappa shape index (κ3) is 3.61. The second-order valence-electron chi connectivity index (χ2n) is 3.99. The Kier molecular flexibility index (Phi) is 4.89. The van der Waals surface area contributed by atoms with Crippen LogP contribution in [0, 0.1) is 17.2 Å². The van der Waals surface area contributed by atoms with Crippen LogP contribution in [-0.4, -0.2) is 33.3 Å². The van der Waals surface area contributed by atoms with Gasteiger partial charge in [0.1, 0.15) is 11.7 Å². The van der Waals surface area contributed by atoms with Crippen LogP contribution in [0.3, 0.4) is 0 Å². The van der Waals surface area contributed by atoms with Crippen LogP contribution in [0.2, 0.25) is 0 Å². The quantitative estimate of drug-likeness (QED) is 0.713. The van der Waals surface area contributed by atoms with Gasteiger partial charge in [-0.2, -0.15) is 5.26 Å². The van der Waals surface area contributed by atoms with Crippen LogP contribution in [0.25, 0.3) is 0 Å². The van der Waals surface area contributed by atoms with Crippen LogP contribution < -0.4 is 5.32 Å². The van der Waals surface area contributed by atoms with Gasteiger partial charge < -0.3 is 5.11 Å². The minimum atomic E-state index is -0.435. The summed E-state index contributed by atoms with van der Waals surface area (Å²) in [5.41, 5.74) is 0.594. The standard InChI is InChI=1S/C10H17N5O/c1-8(2)6-12-9(5-11)10-7-15(3-4-16)14-13-10/h7-9,12,16H,3-4,6H2,1-2H3. The molecule has 2 N–H and O–H groups in total. The fourth-order valence-corrected chi connectivity index (χ4v) is 1.23. The number of hydrogen-bond acceptors (Lipinski definition) is 5. The van der Waals surface area contributed by atoms with Crippen LogP contribution in [0.15, 0.2) is 6.20 Å². The van der Waals surface area contributed by atoms with Gasteiger partial charge in [-0.3, -0.25) is 5.32 Å². The second kappa shape index (κ2) is 6.20. The van der Waals surface area contributed by atoms with Crippen molar-refractivity contribution in [1.82, 2.24) is 20.3 Å². The molecule has 0 saturated carbocycles. The van der Waals surface area contributed by atoms with Crippen molar-refractivity contribution in [2.75, 3.05) is 13.2 Å². The van der Waals surface area contributed by atoms with E-state index in [2.05, 4.69) is 35.5 Å². The molecule has 6 heteroatoms. The summed E-state index contributed by atoms with van der Waals surface area (Å²) in [6.07, 6.45) is 1.68. The van der Waals surface area contributed by atoms with Gasteiger partial charge in [0.25, 0.3) is 0 Å². The number of aliphatic hydroxyl groups excluding tert-OH is 1. The zero-order valence-corrected chi connectivity index (χ0v) is 9.59. The largest absolute Gasteiger partial charge is 0.394 e. The van der Waals surface area contributed by atoms with E-state index in [-0.39, 0.29) is 6.61 Å². The third-order valence-electron chi connectivity index (χ3n) is 2.04. The molecule has 1 rings (SSSR count). The highest BCUT2D eigenvalue weighted by Gasteiger charge is 2.14. The van der Waals surface area contributed by atoms with Gasteiger partial charge in [-0.1, -0.05) is 19.1 Å². The molecule has 0 fully saturated rings. The first-order valence-corrected chi connectivity index (χ1v) is 5.31. The molecule has 1 unspecified atom stereocenters. The zero-order valence-electron chi connectivity index (χ0n) is 9.59. The third-order valence-corrected chi connectivity index (χ3v) is 2.04. The van der Waals surface area contributed by atoms with Gasteiger partial charge >= 0.3 is 0 Å². The summed E-state index contributed by atoms with van der Waals surface area (Å²) >= 11 is 0. The molecule has 0 aliphatic carbocycles. The lowest BCUT2D eigenvalue weighted by Crippen LogP contribution is -2.24. The van der Waals surface area contributed by atoms with E-state index in [1.54, 1.807) is 6.20 Å². The van der Waals surface area contributed by atoms with Crippen LogP contribution in [0.5, 0.6) is 0 Å². The van der Waals surface area contributed by atoms with E-state index >= 15 is 0 Å². The lowest BCUT2D eigenvalue weighted by molar-refractivity contribution is 0.268. The Labute approximate surface area is 94.9 Å². The SMILES string of the molecule is CC(C)CNC(C#N)c1cn(CCO)nn1. The lowest BCUT2D eigenvalue weighted by Gasteiger charge is -2.10. The predicted molar refractivity (Wildman–Crippen MR) is 58.3 cm³/mol. The fraction of sp³-hybridized carbons (Fsp3) is 0.700. The van der Waals surface area contributed by atoms with Crippen LogP contribution in [0.4, 0.5) is 0 Å². The van der Waals surface area contributed by atoms with E-state index in [0.29, 0.717) is 18.2 Å². The number of rotatable bonds is 6. The monoisotopic (exact) mass is 223 g/mol. The first-order chi connectivity index (χ1) is 7.67. The molecule has 0 radical (unpaired) electrons. The summed E-state index contributed by atoms with van der Waals surface area (Å²) < 4.78 is 1.52. The number of hydrogen-bond donors (Lipinski definition) is 2. The molecule has 16 heavy (non-hydrogen) atoms. The van der Waals surface area contributed by atoms with Crippen LogP contribution in [0.1, 0.15) is 25.6 Å². The van der Waals surface area contributed by atoms with Gasteiger partial charge in [0.05, 0.1) is 25.4 Å². The molecule has 1 heterocycles. The summed E-state index contributed by atoms with van der Waals surface area (Å²) in [4.78, 5) is 0. The van der Waals surface area contributed by atoms with Crippen LogP contribution in [-0.2, 0) is 6.54 Å². The van der Waals surface area contributed by atoms with E-state index in [4.69, 9.17) is 10.4 Å². The molecule has 0 aliphatic rings. The summed E-state index contributed by atoms with van der Waals surface area (Å²) in [6, 6.07) is 1.70. The van der Waals surface area contributed by atoms with Gasteiger partial charge in [0.2, 0.25) is 0 Å². The Morgan fingerprint density at radius 2 is 2.38 bits per heavy atom. The first-order valence-electron chi connectivity index (χ1n) is 5.31. The Hall–Kier alpha value is -1.45. The summed E-state index contributed by atoms with van der Waals surface area (Å²) in [6.45, 7) is 5.31. The van der Waals surface area contributed by atoms with E-state index in [1.165, 1.54) is 4.68 Å². The lowest BCUT2D eigenvalue weighted by atomic mass is 10.2. The summed E-state index contributed by atoms with van der Waals surface area (Å²) in [7, 11) is 0. The summed E-state index contributed by atoms with van der Waals surface area (Å²) in [5.74, 6) is 0.475. The minimum Gasteiger partial charge on any atom is -0.394 e. The van der Waals surface area contributed by atoms with Crippen molar-refractivity contribution in [2.45, 2.75) is 26.4 Å². The minimum absolute atomic E-state index is 0.0133. The molecular weight excluding hydrogens is 206 g/mol. The number of nitrogens with zero attached hydrogens (tertiary/aromatic N) is 4. The molecule has 1 aromatic heterocycles. The fourth-order valence-electron chi connectivity index (χ4n) is 1.23. The first kappa shape index (κ1) is 12.6. The normalized spacial score (nSPS) is 12.7. The van der Waals surface area contributed by atoms with Crippen LogP contribution >= 0.6 is 0 Å². The molecule has 0 amide bonds. The topological polar surface area (TPSA) is 86.8 Å². The second-order valence-corrected chi connectivity index (χ2v) is 3.99. The van der Waals surface area contributed by atoms with E-state index < -0.39 is 6.04 Å². The summed E-state index contributed by atoms with van der Waals surface area (Å²) in [5, 5.41) is 28.5. The molecule has 0 aromatic carbocycles. The van der Waals surface area contributed by atoms with Crippen molar-refractivity contribution in [2.24, 2.45) is 5.92 Å². The maximum Gasteiger partial charge on any atom is 0.141 e. The maximum absolute atomic E-state index is 8.99. The van der Waals surface area contributed by atoms with Gasteiger partial charge in [-0.25, -0.2) is 4.68 Å². The number of nitriles is 1. The molecule has 6 nitrogen and oxygen atoms in total. The van der Waals surface area contributed by atoms with E-state index in [0.717, 1.165) is 6.54 Å². The molecule has 1 atom stereocenters. The highest BCUT2D eigenvalue weighted by Crippen LogP contribution is 2.08. The molecule has 0 bridgehead atoms. The number of aromatic nitrogens is 3. The molecule has 0 aliphatic heterocycles. The smallest absolute Gasteiger partial charge is 0.141 e. The number of aliphatic hydroxyl groups is 1. The average Bonchev–Trinajstić information content (AvgIpc) is 2.68. The average molecular weight is 223 g/mol. The predicted octanol–water partition coefficient (Wildman–Crippen LogP) is 0.0807. The van der Waals surface area contributed by atoms with E-state index in [1.807, 2.05) is 0 Å². The Balaban J connectivity index is 2.61. The van der Waals surface area contributed by atoms with Gasteiger partial charge in [0.15, 0.2) is 0 Å². The molecule has 88 valence electrons. The molecular formula is C10H17N5O. The van der Waals surface area contributed by atoms with Gasteiger partial charge in [0, 0.05) is 0 Å². The highest BCUT2D eigenvalue weighted by atomic mass is 16.3. The Bertz CT molecular complexity index is 354. The van der Waals surface area contributed by atoms with Crippen molar-refractivity contribution in [3.63, 3.8) is 0 Å². The van der Waals surface area contributed by atoms with Crippen molar-refractivity contribution < 1.29 is 5.11 Å². The van der Waals surface area contributed by atoms with Gasteiger partial charge in [-0.15, -0.1) is 5.10 Å². The zero-order chi connectivity index (χ0) is 12.0. The molecule has 0 saturated heterocycles. The molecule has 0 spiro atoms.